The van der Waals surface area contributed by atoms with E-state index in [2.05, 4.69) is 0 Å². The van der Waals surface area contributed by atoms with E-state index in [1.54, 1.807) is 36.8 Å². The van der Waals surface area contributed by atoms with Gasteiger partial charge in [-0.1, -0.05) is 71.9 Å². The number of hydrogen-bond donors (Lipinski definition) is 0. The number of para-hydroxylation sites is 1. The number of halogens is 1. The molecule has 0 bridgehead atoms. The number of hydrogen-bond acceptors (Lipinski definition) is 4. The first-order valence-corrected chi connectivity index (χ1v) is 12.2. The Hall–Kier alpha value is -4.29. The zero-order valence-electron chi connectivity index (χ0n) is 20.5. The topological polar surface area (TPSA) is 67.6 Å². The maximum Gasteiger partial charge on any atom is 0.341 e. The highest BCUT2D eigenvalue weighted by Gasteiger charge is 2.23. The van der Waals surface area contributed by atoms with Crippen LogP contribution in [-0.4, -0.2) is 11.7 Å². The molecule has 186 valence electrons. The van der Waals surface area contributed by atoms with Crippen molar-refractivity contribution in [3.8, 4) is 28.5 Å². The van der Waals surface area contributed by atoms with E-state index in [9.17, 15) is 9.90 Å². The van der Waals surface area contributed by atoms with Gasteiger partial charge in [0.25, 0.3) is 5.65 Å². The fourth-order valence-electron chi connectivity index (χ4n) is 4.46. The molecule has 0 atom stereocenters. The van der Waals surface area contributed by atoms with Crippen LogP contribution in [0.15, 0.2) is 95.9 Å². The fourth-order valence-corrected chi connectivity index (χ4v) is 4.65. The smallest absolute Gasteiger partial charge is 0.341 e. The zero-order valence-corrected chi connectivity index (χ0v) is 21.2. The van der Waals surface area contributed by atoms with Gasteiger partial charge in [0.05, 0.1) is 18.9 Å². The Morgan fingerprint density at radius 2 is 1.70 bits per heavy atom. The van der Waals surface area contributed by atoms with E-state index in [1.807, 2.05) is 71.3 Å². The third-order valence-corrected chi connectivity index (χ3v) is 6.70. The molecule has 0 unspecified atom stereocenters. The van der Waals surface area contributed by atoms with Crippen LogP contribution >= 0.6 is 11.6 Å². The van der Waals surface area contributed by atoms with Crippen LogP contribution in [-0.2, 0) is 13.2 Å². The molecule has 0 aliphatic rings. The van der Waals surface area contributed by atoms with Gasteiger partial charge in [0.1, 0.15) is 18.8 Å². The van der Waals surface area contributed by atoms with Crippen LogP contribution in [0.5, 0.6) is 17.2 Å². The molecule has 3 aromatic carbocycles. The summed E-state index contributed by atoms with van der Waals surface area (Å²) in [7, 11) is 1.58. The molecule has 6 nitrogen and oxygen atoms in total. The van der Waals surface area contributed by atoms with Crippen molar-refractivity contribution in [2.75, 3.05) is 7.11 Å². The van der Waals surface area contributed by atoms with Crippen molar-refractivity contribution in [2.24, 2.45) is 0 Å². The predicted octanol–water partition coefficient (Wildman–Crippen LogP) is 4.93. The molecule has 5 rings (SSSR count). The first-order chi connectivity index (χ1) is 18.0. The lowest BCUT2D eigenvalue weighted by molar-refractivity contribution is -0.504. The average molecular weight is 513 g/mol. The first kappa shape index (κ1) is 24.4. The summed E-state index contributed by atoms with van der Waals surface area (Å²) in [6.07, 6.45) is 1.87. The lowest BCUT2D eigenvalue weighted by Gasteiger charge is -2.16. The number of rotatable bonds is 7. The first-order valence-electron chi connectivity index (χ1n) is 11.8. The van der Waals surface area contributed by atoms with Crippen LogP contribution in [0.3, 0.4) is 0 Å². The summed E-state index contributed by atoms with van der Waals surface area (Å²) >= 11 is 6.25. The molecule has 0 radical (unpaired) electrons. The Kier molecular flexibility index (Phi) is 6.84. The second kappa shape index (κ2) is 10.4. The second-order valence-corrected chi connectivity index (χ2v) is 9.06. The van der Waals surface area contributed by atoms with Gasteiger partial charge in [-0.15, -0.1) is 0 Å². The highest BCUT2D eigenvalue weighted by atomic mass is 35.5. The van der Waals surface area contributed by atoms with Crippen LogP contribution in [0.25, 0.3) is 16.9 Å². The van der Waals surface area contributed by atoms with Crippen LogP contribution in [0.4, 0.5) is 0 Å². The Labute approximate surface area is 219 Å². The highest BCUT2D eigenvalue weighted by molar-refractivity contribution is 6.31. The van der Waals surface area contributed by atoms with Gasteiger partial charge in [-0.25, -0.2) is 4.79 Å². The van der Waals surface area contributed by atoms with Gasteiger partial charge in [-0.05, 0) is 36.8 Å². The maximum absolute atomic E-state index is 13.6. The summed E-state index contributed by atoms with van der Waals surface area (Å²) in [5.74, 6) is 1.01. The van der Waals surface area contributed by atoms with Crippen molar-refractivity contribution in [2.45, 2.75) is 20.1 Å². The number of methoxy groups -OCH3 is 1. The molecular formula is C30H25ClN2O4. The largest absolute Gasteiger partial charge is 0.872 e. The zero-order chi connectivity index (χ0) is 25.9. The predicted molar refractivity (Wildman–Crippen MR) is 141 cm³/mol. The van der Waals surface area contributed by atoms with Gasteiger partial charge < -0.3 is 14.6 Å². The normalized spacial score (nSPS) is 11.0. The molecule has 2 aromatic heterocycles. The van der Waals surface area contributed by atoms with E-state index in [0.29, 0.717) is 52.1 Å². The minimum atomic E-state index is -0.164. The van der Waals surface area contributed by atoms with Crippen molar-refractivity contribution >= 4 is 17.2 Å². The molecule has 0 amide bonds. The van der Waals surface area contributed by atoms with Gasteiger partial charge in [-0.2, -0.15) is 8.97 Å². The Bertz CT molecular complexity index is 1660. The Morgan fingerprint density at radius 1 is 0.946 bits per heavy atom. The fraction of sp³-hybridized carbons (Fsp3) is 0.133. The third-order valence-electron chi connectivity index (χ3n) is 6.33. The van der Waals surface area contributed by atoms with Crippen LogP contribution in [0, 0.1) is 6.92 Å². The van der Waals surface area contributed by atoms with Gasteiger partial charge >= 0.3 is 5.56 Å². The highest BCUT2D eigenvalue weighted by Crippen LogP contribution is 2.30. The van der Waals surface area contributed by atoms with Crippen molar-refractivity contribution in [3.05, 3.63) is 123 Å². The summed E-state index contributed by atoms with van der Waals surface area (Å²) in [6, 6.07) is 25.5. The van der Waals surface area contributed by atoms with E-state index < -0.39 is 0 Å². The van der Waals surface area contributed by atoms with E-state index >= 15 is 0 Å². The molecule has 0 N–H and O–H groups in total. The SMILES string of the molecule is COc1cc(Cn2c(=O)c(C)c(-c3ccccc3[O-])[n+]3ccccc23)ccc1OCc1ccccc1Cl. The lowest BCUT2D eigenvalue weighted by atomic mass is 10.1. The van der Waals surface area contributed by atoms with Crippen molar-refractivity contribution in [3.63, 3.8) is 0 Å². The van der Waals surface area contributed by atoms with Crippen LogP contribution in [0.1, 0.15) is 16.7 Å². The molecule has 37 heavy (non-hydrogen) atoms. The van der Waals surface area contributed by atoms with E-state index in [4.69, 9.17) is 21.1 Å². The number of nitrogens with zero attached hydrogens (tertiary/aromatic N) is 2. The second-order valence-electron chi connectivity index (χ2n) is 8.66. The van der Waals surface area contributed by atoms with Crippen molar-refractivity contribution < 1.29 is 19.0 Å². The Balaban J connectivity index is 1.52. The standard InChI is InChI=1S/C30H25ClN2O4/c1-20-29(23-10-4-6-12-25(23)34)32-16-8-7-13-28(32)33(30(20)35)18-21-14-15-26(27(17-21)36-2)37-19-22-9-3-5-11-24(22)31/h3-17H,18-19H2,1-2H3. The summed E-state index contributed by atoms with van der Waals surface area (Å²) < 4.78 is 15.2. The molecule has 2 heterocycles. The summed E-state index contributed by atoms with van der Waals surface area (Å²) in [6.45, 7) is 2.37. The third kappa shape index (κ3) is 4.76. The number of pyridine rings is 1. The lowest BCUT2D eigenvalue weighted by Crippen LogP contribution is -2.38. The number of benzene rings is 3. The molecular weight excluding hydrogens is 488 g/mol. The van der Waals surface area contributed by atoms with Crippen molar-refractivity contribution in [1.29, 1.82) is 0 Å². The number of fused-ring (bicyclic) bond motifs is 1. The maximum atomic E-state index is 13.6. The number of aromatic nitrogens is 2. The molecule has 5 aromatic rings. The van der Waals surface area contributed by atoms with E-state index in [-0.39, 0.29) is 11.3 Å². The number of ether oxygens (including phenoxy) is 2. The quantitative estimate of drug-likeness (QED) is 0.290. The molecule has 0 saturated heterocycles. The summed E-state index contributed by atoms with van der Waals surface area (Å²) in [4.78, 5) is 13.6. The van der Waals surface area contributed by atoms with E-state index in [1.165, 1.54) is 6.07 Å². The summed E-state index contributed by atoms with van der Waals surface area (Å²) in [5.41, 5.74) is 3.85. The summed E-state index contributed by atoms with van der Waals surface area (Å²) in [5, 5.41) is 13.3. The van der Waals surface area contributed by atoms with Crippen LogP contribution in [0.2, 0.25) is 5.02 Å². The monoisotopic (exact) mass is 512 g/mol. The minimum Gasteiger partial charge on any atom is -0.872 e. The molecule has 7 heteroatoms. The van der Waals surface area contributed by atoms with Crippen LogP contribution < -0.4 is 24.5 Å². The van der Waals surface area contributed by atoms with Gasteiger partial charge in [0.15, 0.2) is 11.5 Å². The Morgan fingerprint density at radius 3 is 2.49 bits per heavy atom. The average Bonchev–Trinajstić information content (AvgIpc) is 2.92. The molecule has 0 aliphatic heterocycles. The molecule has 0 aliphatic carbocycles. The molecule has 0 saturated carbocycles. The van der Waals surface area contributed by atoms with Gasteiger partial charge in [0, 0.05) is 22.2 Å². The van der Waals surface area contributed by atoms with Gasteiger partial charge in [-0.3, -0.25) is 0 Å². The van der Waals surface area contributed by atoms with E-state index in [0.717, 1.165) is 11.1 Å². The van der Waals surface area contributed by atoms with Gasteiger partial charge in [0.2, 0.25) is 0 Å². The molecule has 0 fully saturated rings. The molecule has 0 spiro atoms. The van der Waals surface area contributed by atoms with Crippen molar-refractivity contribution in [1.82, 2.24) is 4.57 Å². The minimum absolute atomic E-state index is 0.127.